The fourth-order valence-electron chi connectivity index (χ4n) is 2.22. The quantitative estimate of drug-likeness (QED) is 0.822. The number of aliphatic hydroxyl groups excluding tert-OH is 1. The number of rotatable bonds is 4. The highest BCUT2D eigenvalue weighted by molar-refractivity contribution is 7.13. The molecular formula is C11H17N3O3S. The summed E-state index contributed by atoms with van der Waals surface area (Å²) in [5.74, 6) is -1.01. The molecule has 18 heavy (non-hydrogen) atoms. The fraction of sp³-hybridized carbons (Fsp3) is 0.636. The molecule has 1 aliphatic rings. The lowest BCUT2D eigenvalue weighted by atomic mass is 10.2. The molecule has 2 N–H and O–H groups in total. The second kappa shape index (κ2) is 5.21. The highest BCUT2D eigenvalue weighted by atomic mass is 32.1. The van der Waals surface area contributed by atoms with Crippen molar-refractivity contribution in [3.8, 4) is 0 Å². The van der Waals surface area contributed by atoms with Crippen LogP contribution >= 0.6 is 11.3 Å². The molecule has 0 spiro atoms. The van der Waals surface area contributed by atoms with E-state index in [4.69, 9.17) is 5.11 Å². The van der Waals surface area contributed by atoms with Crippen LogP contribution in [0, 0.1) is 0 Å². The summed E-state index contributed by atoms with van der Waals surface area (Å²) in [6.45, 7) is 1.34. The molecule has 6 nitrogen and oxygen atoms in total. The third-order valence-electron chi connectivity index (χ3n) is 2.93. The first-order valence-corrected chi connectivity index (χ1v) is 6.63. The molecule has 0 bridgehead atoms. The van der Waals surface area contributed by atoms with Crippen molar-refractivity contribution in [1.82, 2.24) is 9.88 Å². The Hall–Kier alpha value is -1.18. The molecule has 1 fully saturated rings. The summed E-state index contributed by atoms with van der Waals surface area (Å²) in [5, 5.41) is 20.8. The Morgan fingerprint density at radius 1 is 1.67 bits per heavy atom. The Kier molecular flexibility index (Phi) is 3.84. The number of carbonyl (C=O) groups is 1. The smallest absolute Gasteiger partial charge is 0.355 e. The van der Waals surface area contributed by atoms with Gasteiger partial charge in [0.2, 0.25) is 0 Å². The third-order valence-corrected chi connectivity index (χ3v) is 3.80. The lowest BCUT2D eigenvalue weighted by molar-refractivity contribution is 0.0691. The molecule has 1 saturated heterocycles. The van der Waals surface area contributed by atoms with Crippen LogP contribution in [0.3, 0.4) is 0 Å². The van der Waals surface area contributed by atoms with Crippen LogP contribution < -0.4 is 4.90 Å². The predicted molar refractivity (Wildman–Crippen MR) is 69.4 cm³/mol. The summed E-state index contributed by atoms with van der Waals surface area (Å²) in [4.78, 5) is 19.0. The van der Waals surface area contributed by atoms with Gasteiger partial charge in [-0.1, -0.05) is 0 Å². The first-order valence-electron chi connectivity index (χ1n) is 5.75. The summed E-state index contributed by atoms with van der Waals surface area (Å²) in [6.07, 6.45) is 0.326. The molecule has 1 aromatic rings. The molecular weight excluding hydrogens is 254 g/mol. The van der Waals surface area contributed by atoms with E-state index in [0.29, 0.717) is 18.1 Å². The minimum absolute atomic E-state index is 0.0694. The van der Waals surface area contributed by atoms with Gasteiger partial charge in [0, 0.05) is 24.5 Å². The number of carboxylic acids is 1. The van der Waals surface area contributed by atoms with E-state index in [2.05, 4.69) is 9.88 Å². The number of anilines is 1. The molecule has 2 unspecified atom stereocenters. The number of likely N-dealkylation sites (N-methyl/N-ethyl adjacent to an activating group) is 1. The Labute approximate surface area is 109 Å². The molecule has 2 rings (SSSR count). The van der Waals surface area contributed by atoms with Crippen molar-refractivity contribution in [3.63, 3.8) is 0 Å². The van der Waals surface area contributed by atoms with Crippen LogP contribution in [-0.2, 0) is 0 Å². The molecule has 7 heteroatoms. The van der Waals surface area contributed by atoms with Crippen LogP contribution in [0.5, 0.6) is 0 Å². The van der Waals surface area contributed by atoms with Crippen molar-refractivity contribution in [2.75, 3.05) is 32.1 Å². The highest BCUT2D eigenvalue weighted by Gasteiger charge is 2.33. The van der Waals surface area contributed by atoms with E-state index >= 15 is 0 Å². The molecule has 1 aliphatic heterocycles. The monoisotopic (exact) mass is 271 g/mol. The summed E-state index contributed by atoms with van der Waals surface area (Å²) >= 11 is 1.31. The van der Waals surface area contributed by atoms with Crippen LogP contribution in [0.1, 0.15) is 16.9 Å². The van der Waals surface area contributed by atoms with Gasteiger partial charge < -0.3 is 20.0 Å². The predicted octanol–water partition coefficient (Wildman–Crippen LogP) is 0.343. The number of hydrogen-bond acceptors (Lipinski definition) is 6. The molecule has 0 aromatic carbocycles. The van der Waals surface area contributed by atoms with E-state index in [1.54, 1.807) is 0 Å². The van der Waals surface area contributed by atoms with Crippen molar-refractivity contribution in [2.45, 2.75) is 18.6 Å². The number of aromatic nitrogens is 1. The van der Waals surface area contributed by atoms with Gasteiger partial charge in [0.1, 0.15) is 0 Å². The van der Waals surface area contributed by atoms with E-state index in [0.717, 1.165) is 6.54 Å². The standard InChI is InChI=1S/C11H17N3O3S/c1-13(2)4-7-3-8(15)5-14(7)11-12-9(6-18-11)10(16)17/h6-8,15H,3-5H2,1-2H3,(H,16,17). The van der Waals surface area contributed by atoms with E-state index in [1.165, 1.54) is 16.7 Å². The Balaban J connectivity index is 2.16. The van der Waals surface area contributed by atoms with E-state index in [1.807, 2.05) is 19.0 Å². The van der Waals surface area contributed by atoms with Crippen molar-refractivity contribution in [3.05, 3.63) is 11.1 Å². The zero-order valence-electron chi connectivity index (χ0n) is 10.4. The largest absolute Gasteiger partial charge is 0.476 e. The summed E-state index contributed by atoms with van der Waals surface area (Å²) in [6, 6.07) is 0.183. The van der Waals surface area contributed by atoms with Crippen molar-refractivity contribution < 1.29 is 15.0 Å². The molecule has 1 aromatic heterocycles. The third kappa shape index (κ3) is 2.80. The van der Waals surface area contributed by atoms with Crippen LogP contribution in [0.2, 0.25) is 0 Å². The van der Waals surface area contributed by atoms with Gasteiger partial charge in [-0.2, -0.15) is 0 Å². The number of aliphatic hydroxyl groups is 1. The summed E-state index contributed by atoms with van der Waals surface area (Å²) in [5.41, 5.74) is 0.0694. The van der Waals surface area contributed by atoms with Gasteiger partial charge in [-0.3, -0.25) is 0 Å². The van der Waals surface area contributed by atoms with E-state index < -0.39 is 5.97 Å². The van der Waals surface area contributed by atoms with Gasteiger partial charge in [0.25, 0.3) is 0 Å². The van der Waals surface area contributed by atoms with Crippen LogP contribution in [0.15, 0.2) is 5.38 Å². The van der Waals surface area contributed by atoms with Gasteiger partial charge in [0.05, 0.1) is 6.10 Å². The zero-order valence-corrected chi connectivity index (χ0v) is 11.2. The van der Waals surface area contributed by atoms with Crippen molar-refractivity contribution in [2.24, 2.45) is 0 Å². The summed E-state index contributed by atoms with van der Waals surface area (Å²) in [7, 11) is 3.96. The topological polar surface area (TPSA) is 76.9 Å². The normalized spacial score (nSPS) is 23.9. The number of nitrogens with zero attached hydrogens (tertiary/aromatic N) is 3. The van der Waals surface area contributed by atoms with E-state index in [-0.39, 0.29) is 17.8 Å². The minimum atomic E-state index is -1.01. The molecule has 0 amide bonds. The Morgan fingerprint density at radius 3 is 2.94 bits per heavy atom. The second-order valence-electron chi connectivity index (χ2n) is 4.78. The lowest BCUT2D eigenvalue weighted by Gasteiger charge is -2.26. The Morgan fingerprint density at radius 2 is 2.39 bits per heavy atom. The fourth-order valence-corrected chi connectivity index (χ4v) is 3.10. The average molecular weight is 271 g/mol. The number of hydrogen-bond donors (Lipinski definition) is 2. The zero-order chi connectivity index (χ0) is 13.3. The number of aromatic carboxylic acids is 1. The van der Waals surface area contributed by atoms with Gasteiger partial charge in [-0.05, 0) is 20.5 Å². The van der Waals surface area contributed by atoms with E-state index in [9.17, 15) is 9.90 Å². The maximum absolute atomic E-state index is 10.8. The minimum Gasteiger partial charge on any atom is -0.476 e. The van der Waals surface area contributed by atoms with Crippen LogP contribution in [-0.4, -0.2) is 65.4 Å². The second-order valence-corrected chi connectivity index (χ2v) is 5.61. The molecule has 2 atom stereocenters. The van der Waals surface area contributed by atoms with Gasteiger partial charge >= 0.3 is 5.97 Å². The average Bonchev–Trinajstić information content (AvgIpc) is 2.83. The SMILES string of the molecule is CN(C)CC1CC(O)CN1c1nc(C(=O)O)cs1. The number of thiazole rings is 1. The maximum atomic E-state index is 10.8. The van der Waals surface area contributed by atoms with Gasteiger partial charge in [-0.25, -0.2) is 9.78 Å². The highest BCUT2D eigenvalue weighted by Crippen LogP contribution is 2.29. The van der Waals surface area contributed by atoms with Crippen molar-refractivity contribution in [1.29, 1.82) is 0 Å². The van der Waals surface area contributed by atoms with Gasteiger partial charge in [-0.15, -0.1) is 11.3 Å². The maximum Gasteiger partial charge on any atom is 0.355 e. The van der Waals surface area contributed by atoms with Gasteiger partial charge in [0.15, 0.2) is 10.8 Å². The molecule has 0 saturated carbocycles. The van der Waals surface area contributed by atoms with Crippen LogP contribution in [0.4, 0.5) is 5.13 Å². The number of carboxylic acid groups (broad SMARTS) is 1. The van der Waals surface area contributed by atoms with Crippen LogP contribution in [0.25, 0.3) is 0 Å². The van der Waals surface area contributed by atoms with Crippen molar-refractivity contribution >= 4 is 22.4 Å². The molecule has 100 valence electrons. The Bertz CT molecular complexity index is 435. The number of β-amino-alcohol motifs (C(OH)–C–C–N with tert-alkyl or cyclic N) is 1. The first-order chi connectivity index (χ1) is 8.47. The lowest BCUT2D eigenvalue weighted by Crippen LogP contribution is -2.37. The first kappa shape index (κ1) is 13.3. The summed E-state index contributed by atoms with van der Waals surface area (Å²) < 4.78 is 0. The molecule has 0 radical (unpaired) electrons. The molecule has 2 heterocycles. The molecule has 0 aliphatic carbocycles.